The van der Waals surface area contributed by atoms with E-state index < -0.39 is 17.8 Å². The number of nitrogens with zero attached hydrogens (tertiary/aromatic N) is 2. The molecule has 0 aliphatic heterocycles. The zero-order valence-electron chi connectivity index (χ0n) is 16.4. The summed E-state index contributed by atoms with van der Waals surface area (Å²) in [6.07, 6.45) is 6.03. The van der Waals surface area contributed by atoms with Crippen LogP contribution >= 0.6 is 11.6 Å². The number of carbonyl (C=O) groups is 1. The third-order valence-electron chi connectivity index (χ3n) is 5.33. The highest BCUT2D eigenvalue weighted by atomic mass is 35.5. The zero-order valence-corrected chi connectivity index (χ0v) is 17.2. The molecule has 0 bridgehead atoms. The number of allylic oxidation sites excluding steroid dienone is 2. The van der Waals surface area contributed by atoms with Gasteiger partial charge in [0.15, 0.2) is 5.82 Å². The summed E-state index contributed by atoms with van der Waals surface area (Å²) in [5.74, 6) is -1.05. The van der Waals surface area contributed by atoms with E-state index in [0.717, 1.165) is 24.6 Å². The molecule has 1 unspecified atom stereocenters. The lowest BCUT2D eigenvalue weighted by atomic mass is 9.86. The fraction of sp³-hybridized carbons (Fsp3) is 0.318. The number of carboxylic acid groups (broad SMARTS) is 1. The Balaban J connectivity index is 1.48. The molecule has 2 heterocycles. The van der Waals surface area contributed by atoms with Crippen LogP contribution < -0.4 is 4.74 Å². The summed E-state index contributed by atoms with van der Waals surface area (Å²) >= 11 is 6.05. The number of rotatable bonds is 7. The van der Waals surface area contributed by atoms with Crippen molar-refractivity contribution in [2.45, 2.75) is 38.7 Å². The van der Waals surface area contributed by atoms with E-state index in [1.165, 1.54) is 6.07 Å². The van der Waals surface area contributed by atoms with Crippen LogP contribution in [0.5, 0.6) is 5.88 Å². The van der Waals surface area contributed by atoms with Gasteiger partial charge in [0.1, 0.15) is 12.2 Å². The lowest BCUT2D eigenvalue weighted by Gasteiger charge is -2.20. The number of halogens is 3. The first-order valence-electron chi connectivity index (χ1n) is 9.83. The van der Waals surface area contributed by atoms with Crippen LogP contribution in [0.25, 0.3) is 16.5 Å². The molecule has 0 spiro atoms. The Bertz CT molecular complexity index is 1160. The Kier molecular flexibility index (Phi) is 6.18. The third kappa shape index (κ3) is 4.85. The largest absolute Gasteiger partial charge is 0.481 e. The fourth-order valence-electron chi connectivity index (χ4n) is 3.66. The Morgan fingerprint density at radius 2 is 2.19 bits per heavy atom. The van der Waals surface area contributed by atoms with Gasteiger partial charge in [0, 0.05) is 23.4 Å². The van der Waals surface area contributed by atoms with Crippen molar-refractivity contribution in [3.8, 4) is 5.88 Å². The molecule has 0 saturated carbocycles. The molecular weight excluding hydrogens is 430 g/mol. The minimum Gasteiger partial charge on any atom is -0.481 e. The van der Waals surface area contributed by atoms with E-state index in [1.807, 2.05) is 6.08 Å². The maximum atomic E-state index is 14.2. The maximum Gasteiger partial charge on any atom is 0.303 e. The lowest BCUT2D eigenvalue weighted by Crippen LogP contribution is -2.10. The molecule has 1 aromatic carbocycles. The predicted octanol–water partition coefficient (Wildman–Crippen LogP) is 5.78. The number of fused-ring (bicyclic) bond motifs is 1. The molecule has 0 saturated heterocycles. The van der Waals surface area contributed by atoms with Crippen molar-refractivity contribution in [2.24, 2.45) is 5.92 Å². The van der Waals surface area contributed by atoms with E-state index in [2.05, 4.69) is 9.97 Å². The number of carboxylic acids is 1. The van der Waals surface area contributed by atoms with Crippen LogP contribution in [0.15, 0.2) is 34.9 Å². The highest BCUT2D eigenvalue weighted by molar-refractivity contribution is 6.35. The number of ether oxygens (including phenoxy) is 1. The van der Waals surface area contributed by atoms with Crippen molar-refractivity contribution in [3.63, 3.8) is 0 Å². The van der Waals surface area contributed by atoms with Gasteiger partial charge in [0.2, 0.25) is 5.82 Å². The second kappa shape index (κ2) is 9.01. The van der Waals surface area contributed by atoms with Crippen molar-refractivity contribution >= 4 is 34.1 Å². The predicted molar refractivity (Wildman–Crippen MR) is 110 cm³/mol. The Morgan fingerprint density at radius 3 is 2.94 bits per heavy atom. The van der Waals surface area contributed by atoms with Crippen molar-refractivity contribution < 1.29 is 27.8 Å². The van der Waals surface area contributed by atoms with Crippen molar-refractivity contribution in [1.29, 1.82) is 0 Å². The van der Waals surface area contributed by atoms with Gasteiger partial charge in [0.05, 0.1) is 11.2 Å². The quantitative estimate of drug-likeness (QED) is 0.493. The van der Waals surface area contributed by atoms with Crippen LogP contribution in [0.1, 0.15) is 43.5 Å². The van der Waals surface area contributed by atoms with Crippen LogP contribution in [-0.2, 0) is 11.4 Å². The molecule has 0 amide bonds. The standard InChI is InChI=1S/C22H19ClF2N2O4/c23-16-7-6-14(20-15(16)9-18(25)31-20)11-30-22-17(24)10-26-21(27-22)13-4-1-12(2-5-13)3-8-19(28)29/h4,6-7,9-10,12H,1-3,5,8,11H2,(H,28,29). The van der Waals surface area contributed by atoms with E-state index >= 15 is 0 Å². The highest BCUT2D eigenvalue weighted by Gasteiger charge is 2.20. The summed E-state index contributed by atoms with van der Waals surface area (Å²) in [5.41, 5.74) is 1.61. The SMILES string of the molecule is O=C(O)CCC1CC=C(c2ncc(F)c(OCc3ccc(Cl)c4cc(F)oc34)n2)CC1. The fourth-order valence-corrected chi connectivity index (χ4v) is 3.87. The van der Waals surface area contributed by atoms with Gasteiger partial charge >= 0.3 is 5.97 Å². The van der Waals surface area contributed by atoms with Gasteiger partial charge in [0.25, 0.3) is 11.9 Å². The molecule has 1 atom stereocenters. The first kappa shape index (κ1) is 21.2. The number of hydrogen-bond acceptors (Lipinski definition) is 5. The summed E-state index contributed by atoms with van der Waals surface area (Å²) in [5, 5.41) is 9.57. The zero-order chi connectivity index (χ0) is 22.0. The third-order valence-corrected chi connectivity index (χ3v) is 5.66. The van der Waals surface area contributed by atoms with E-state index in [-0.39, 0.29) is 24.5 Å². The first-order chi connectivity index (χ1) is 14.9. The van der Waals surface area contributed by atoms with E-state index in [0.29, 0.717) is 40.6 Å². The van der Waals surface area contributed by atoms with Gasteiger partial charge < -0.3 is 14.3 Å². The van der Waals surface area contributed by atoms with Gasteiger partial charge in [-0.15, -0.1) is 0 Å². The smallest absolute Gasteiger partial charge is 0.303 e. The van der Waals surface area contributed by atoms with Gasteiger partial charge in [-0.2, -0.15) is 13.8 Å². The molecule has 0 radical (unpaired) electrons. The molecule has 4 rings (SSSR count). The molecule has 9 heteroatoms. The number of aliphatic carboxylic acids is 1. The monoisotopic (exact) mass is 448 g/mol. The van der Waals surface area contributed by atoms with E-state index in [1.54, 1.807) is 12.1 Å². The molecule has 162 valence electrons. The summed E-state index contributed by atoms with van der Waals surface area (Å²) in [6, 6.07) is 3.62. The molecule has 3 aromatic rings. The van der Waals surface area contributed by atoms with Gasteiger partial charge in [-0.25, -0.2) is 4.98 Å². The highest BCUT2D eigenvalue weighted by Crippen LogP contribution is 2.33. The number of benzene rings is 1. The van der Waals surface area contributed by atoms with Gasteiger partial charge in [-0.3, -0.25) is 4.79 Å². The van der Waals surface area contributed by atoms with Crippen LogP contribution in [0, 0.1) is 17.7 Å². The Labute approximate surface area is 181 Å². The van der Waals surface area contributed by atoms with E-state index in [4.69, 9.17) is 25.9 Å². The molecule has 1 aliphatic carbocycles. The minimum atomic E-state index is -0.798. The number of hydrogen-bond donors (Lipinski definition) is 1. The summed E-state index contributed by atoms with van der Waals surface area (Å²) in [6.45, 7) is -0.0930. The van der Waals surface area contributed by atoms with Crippen LogP contribution in [0.2, 0.25) is 5.02 Å². The van der Waals surface area contributed by atoms with E-state index in [9.17, 15) is 13.6 Å². The van der Waals surface area contributed by atoms with Gasteiger partial charge in [-0.05, 0) is 43.2 Å². The Hall–Kier alpha value is -3.00. The molecule has 6 nitrogen and oxygen atoms in total. The van der Waals surface area contributed by atoms with Crippen molar-refractivity contribution in [2.75, 3.05) is 0 Å². The lowest BCUT2D eigenvalue weighted by molar-refractivity contribution is -0.137. The normalized spacial score (nSPS) is 16.4. The summed E-state index contributed by atoms with van der Waals surface area (Å²) < 4.78 is 38.3. The molecule has 31 heavy (non-hydrogen) atoms. The van der Waals surface area contributed by atoms with Gasteiger partial charge in [-0.1, -0.05) is 23.7 Å². The van der Waals surface area contributed by atoms with Crippen LogP contribution in [0.4, 0.5) is 8.78 Å². The number of aromatic nitrogens is 2. The molecule has 0 fully saturated rings. The number of furan rings is 1. The maximum absolute atomic E-state index is 14.2. The van der Waals surface area contributed by atoms with Crippen LogP contribution in [-0.4, -0.2) is 21.0 Å². The molecule has 1 N–H and O–H groups in total. The molecule has 1 aliphatic rings. The summed E-state index contributed by atoms with van der Waals surface area (Å²) in [7, 11) is 0. The average molecular weight is 449 g/mol. The minimum absolute atomic E-state index is 0.0930. The van der Waals surface area contributed by atoms with Crippen molar-refractivity contribution in [1.82, 2.24) is 9.97 Å². The molecular formula is C22H19ClF2N2O4. The molecule has 2 aromatic heterocycles. The van der Waals surface area contributed by atoms with Crippen molar-refractivity contribution in [3.05, 3.63) is 58.7 Å². The Morgan fingerprint density at radius 1 is 1.35 bits per heavy atom. The second-order valence-electron chi connectivity index (χ2n) is 7.44. The van der Waals surface area contributed by atoms with Crippen LogP contribution in [0.3, 0.4) is 0 Å². The topological polar surface area (TPSA) is 85.5 Å². The average Bonchev–Trinajstić information content (AvgIpc) is 3.16. The second-order valence-corrected chi connectivity index (χ2v) is 7.84. The summed E-state index contributed by atoms with van der Waals surface area (Å²) in [4.78, 5) is 19.0. The first-order valence-corrected chi connectivity index (χ1v) is 10.2.